The molecule has 0 unspecified atom stereocenters. The van der Waals surface area contributed by atoms with E-state index in [9.17, 15) is 0 Å². The summed E-state index contributed by atoms with van der Waals surface area (Å²) in [6.45, 7) is 15.6. The van der Waals surface area contributed by atoms with E-state index in [1.165, 1.54) is 33.9 Å². The first kappa shape index (κ1) is 44.2. The van der Waals surface area contributed by atoms with Crippen LogP contribution in [-0.2, 0) is 25.5 Å². The largest absolute Gasteiger partial charge is 0.500 e. The Morgan fingerprint density at radius 3 is 1.94 bits per heavy atom. The number of rotatable bonds is 7. The molecule has 64 heavy (non-hydrogen) atoms. The van der Waals surface area contributed by atoms with Gasteiger partial charge in [-0.05, 0) is 104 Å². The monoisotopic (exact) mass is 1020 g/mol. The number of nitrogens with zero attached hydrogens (tertiary/aromatic N) is 3. The number of hydrogen-bond donors (Lipinski definition) is 0. The minimum atomic E-state index is -0.365. The van der Waals surface area contributed by atoms with Crippen LogP contribution in [0.1, 0.15) is 77.0 Å². The Balaban J connectivity index is 0.000000279. The topological polar surface area (TPSA) is 43.9 Å². The molecule has 0 aliphatic heterocycles. The summed E-state index contributed by atoms with van der Waals surface area (Å²) in [5, 5.41) is 1.17. The third kappa shape index (κ3) is 8.61. The summed E-state index contributed by atoms with van der Waals surface area (Å²) < 4.78 is 24.5. The third-order valence-corrected chi connectivity index (χ3v) is 11.7. The van der Waals surface area contributed by atoms with E-state index < -0.39 is 0 Å². The zero-order chi connectivity index (χ0) is 43.8. The van der Waals surface area contributed by atoms with E-state index >= 15 is 4.39 Å². The summed E-state index contributed by atoms with van der Waals surface area (Å²) in [6, 6.07) is 59.5. The summed E-state index contributed by atoms with van der Waals surface area (Å²) >= 11 is 0. The molecule has 0 N–H and O–H groups in total. The summed E-state index contributed by atoms with van der Waals surface area (Å²) in [7, 11) is 0. The number of pyridine rings is 1. The number of para-hydroxylation sites is 2. The second-order valence-corrected chi connectivity index (χ2v) is 17.8. The van der Waals surface area contributed by atoms with Crippen LogP contribution in [0.15, 0.2) is 168 Å². The second-order valence-electron chi connectivity index (χ2n) is 17.8. The number of halogens is 1. The molecule has 10 aromatic rings. The molecule has 0 saturated carbocycles. The predicted octanol–water partition coefficient (Wildman–Crippen LogP) is 16.0. The maximum Gasteiger partial charge on any atom is 0.121 e. The SMILES string of the molecule is CC(C)(C)c1ccnc(-c2[c-]cccc2)c1.CC(C)c1cc(-c2ccccc2)cc(C(C)C)c1-n1c(-c2[c-]cc(F)c3c2oc2cc(-c4ccccc4)ccc23)nc2ccccc21.[Ir]. The van der Waals surface area contributed by atoms with Crippen LogP contribution in [0, 0.1) is 17.9 Å². The molecule has 0 amide bonds. The van der Waals surface area contributed by atoms with Crippen molar-refractivity contribution in [2.24, 2.45) is 0 Å². The van der Waals surface area contributed by atoms with Crippen LogP contribution in [0.3, 0.4) is 0 Å². The second kappa shape index (κ2) is 18.3. The predicted molar refractivity (Wildman–Crippen MR) is 259 cm³/mol. The van der Waals surface area contributed by atoms with Crippen molar-refractivity contribution in [3.8, 4) is 50.6 Å². The smallest absolute Gasteiger partial charge is 0.121 e. The Hall–Kier alpha value is -6.46. The molecule has 3 heterocycles. The fourth-order valence-electron chi connectivity index (χ4n) is 8.39. The first-order valence-electron chi connectivity index (χ1n) is 21.7. The number of furan rings is 1. The Bertz CT molecular complexity index is 3190. The van der Waals surface area contributed by atoms with Crippen LogP contribution >= 0.6 is 0 Å². The van der Waals surface area contributed by atoms with Crippen molar-refractivity contribution in [3.05, 3.63) is 199 Å². The quantitative estimate of drug-likeness (QED) is 0.149. The average molecular weight is 1020 g/mol. The molecule has 0 aliphatic carbocycles. The summed E-state index contributed by atoms with van der Waals surface area (Å²) in [5.41, 5.74) is 15.0. The third-order valence-electron chi connectivity index (χ3n) is 11.7. The van der Waals surface area contributed by atoms with Gasteiger partial charge < -0.3 is 14.0 Å². The molecule has 0 atom stereocenters. The minimum Gasteiger partial charge on any atom is -0.500 e. The van der Waals surface area contributed by atoms with Crippen molar-refractivity contribution in [3.63, 3.8) is 0 Å². The van der Waals surface area contributed by atoms with Gasteiger partial charge >= 0.3 is 0 Å². The molecule has 6 heteroatoms. The van der Waals surface area contributed by atoms with Crippen molar-refractivity contribution in [2.75, 3.05) is 0 Å². The zero-order valence-electron chi connectivity index (χ0n) is 37.2. The number of aromatic nitrogens is 3. The van der Waals surface area contributed by atoms with Gasteiger partial charge in [0.2, 0.25) is 0 Å². The van der Waals surface area contributed by atoms with Crippen LogP contribution in [0.2, 0.25) is 0 Å². The van der Waals surface area contributed by atoms with Crippen molar-refractivity contribution in [1.29, 1.82) is 0 Å². The van der Waals surface area contributed by atoms with Crippen LogP contribution in [-0.4, -0.2) is 14.5 Å². The van der Waals surface area contributed by atoms with Crippen LogP contribution in [0.5, 0.6) is 0 Å². The fourth-order valence-corrected chi connectivity index (χ4v) is 8.39. The molecule has 1 radical (unpaired) electrons. The van der Waals surface area contributed by atoms with E-state index in [0.717, 1.165) is 44.5 Å². The maximum absolute atomic E-state index is 15.7. The number of benzene rings is 7. The van der Waals surface area contributed by atoms with Gasteiger partial charge in [0, 0.05) is 43.2 Å². The summed E-state index contributed by atoms with van der Waals surface area (Å²) in [5.74, 6) is 0.755. The molecule has 3 aromatic heterocycles. The van der Waals surface area contributed by atoms with E-state index in [0.29, 0.717) is 27.9 Å². The normalized spacial score (nSPS) is 11.6. The summed E-state index contributed by atoms with van der Waals surface area (Å²) in [4.78, 5) is 9.60. The molecule has 0 spiro atoms. The molecule has 7 aromatic carbocycles. The van der Waals surface area contributed by atoms with Gasteiger partial charge in [0.05, 0.1) is 22.4 Å². The van der Waals surface area contributed by atoms with Gasteiger partial charge in [-0.25, -0.2) is 0 Å². The van der Waals surface area contributed by atoms with E-state index in [1.54, 1.807) is 0 Å². The van der Waals surface area contributed by atoms with Crippen molar-refractivity contribution in [2.45, 2.75) is 65.7 Å². The molecule has 0 fully saturated rings. The molecule has 0 bridgehead atoms. The fraction of sp³-hybridized carbons (Fsp3) is 0.172. The molecule has 321 valence electrons. The number of hydrogen-bond acceptors (Lipinski definition) is 3. The van der Waals surface area contributed by atoms with Gasteiger partial charge in [-0.2, -0.15) is 0 Å². The maximum atomic E-state index is 15.7. The average Bonchev–Trinajstić information content (AvgIpc) is 3.89. The number of imidazole rings is 1. The standard InChI is InChI=1S/C43H34FN2O.C15H16N.Ir/c1-26(2)34-23-31(29-15-9-6-10-16-29)24-35(27(3)4)41(34)46-38-18-12-11-17-37(38)45-43(46)33-21-22-36(44)40-32-20-19-30(25-39(32)47-42(33)40)28-13-7-5-8-14-28;1-15(2,3)13-9-10-16-14(11-13)12-7-5-4-6-8-12;/h5-20,22-27H,1-4H3;4-7,9-11H,1-3H3;/q2*-1;. The molecule has 0 aliphatic rings. The van der Waals surface area contributed by atoms with E-state index in [-0.39, 0.29) is 43.2 Å². The zero-order valence-corrected chi connectivity index (χ0v) is 39.6. The van der Waals surface area contributed by atoms with E-state index in [1.807, 2.05) is 85.1 Å². The first-order chi connectivity index (χ1) is 30.5. The van der Waals surface area contributed by atoms with Gasteiger partial charge in [0.1, 0.15) is 5.58 Å². The molecular formula is C58H50FIrN3O-2. The van der Waals surface area contributed by atoms with Gasteiger partial charge in [0.15, 0.2) is 0 Å². The Morgan fingerprint density at radius 2 is 1.30 bits per heavy atom. The van der Waals surface area contributed by atoms with Crippen molar-refractivity contribution < 1.29 is 28.9 Å². The van der Waals surface area contributed by atoms with Gasteiger partial charge in [-0.15, -0.1) is 48.0 Å². The molecule has 10 rings (SSSR count). The van der Waals surface area contributed by atoms with Crippen LogP contribution in [0.25, 0.3) is 83.6 Å². The van der Waals surface area contributed by atoms with Crippen LogP contribution in [0.4, 0.5) is 4.39 Å². The molecule has 4 nitrogen and oxygen atoms in total. The van der Waals surface area contributed by atoms with Crippen molar-refractivity contribution in [1.82, 2.24) is 14.5 Å². The van der Waals surface area contributed by atoms with Gasteiger partial charge in [0.25, 0.3) is 0 Å². The van der Waals surface area contributed by atoms with Gasteiger partial charge in [-0.3, -0.25) is 9.37 Å². The van der Waals surface area contributed by atoms with E-state index in [4.69, 9.17) is 9.40 Å². The summed E-state index contributed by atoms with van der Waals surface area (Å²) in [6.07, 6.45) is 1.87. The Morgan fingerprint density at radius 1 is 0.656 bits per heavy atom. The Labute approximate surface area is 389 Å². The minimum absolute atomic E-state index is 0. The molecule has 0 saturated heterocycles. The van der Waals surface area contributed by atoms with Gasteiger partial charge in [-0.1, -0.05) is 145 Å². The Kier molecular flexibility index (Phi) is 12.6. The molecular weight excluding hydrogens is 966 g/mol. The van der Waals surface area contributed by atoms with Crippen LogP contribution < -0.4 is 0 Å². The first-order valence-corrected chi connectivity index (χ1v) is 21.7. The number of fused-ring (bicyclic) bond motifs is 4. The van der Waals surface area contributed by atoms with E-state index in [2.05, 4.69) is 143 Å². The van der Waals surface area contributed by atoms with Crippen molar-refractivity contribution >= 4 is 33.0 Å².